The molecular weight excluding hydrogens is 361 g/mol. The number of aryl methyl sites for hydroxylation is 1. The number of carbonyl (C=O) groups excluding carboxylic acids is 1. The largest absolute Gasteiger partial charge is 0.489 e. The van der Waals surface area contributed by atoms with Gasteiger partial charge in [0.25, 0.3) is 5.91 Å². The third-order valence-corrected chi connectivity index (χ3v) is 5.36. The van der Waals surface area contributed by atoms with Crippen LogP contribution in [-0.4, -0.2) is 32.9 Å². The second-order valence-electron chi connectivity index (χ2n) is 7.28. The fraction of sp³-hybridized carbons (Fsp3) is 0.333. The number of nitrogens with zero attached hydrogens (tertiary/aromatic N) is 2. The monoisotopic (exact) mass is 383 g/mol. The first kappa shape index (κ1) is 18.4. The van der Waals surface area contributed by atoms with Crippen molar-refractivity contribution in [3.05, 3.63) is 59.5 Å². The summed E-state index contributed by atoms with van der Waals surface area (Å²) in [5.41, 5.74) is 0.998. The van der Waals surface area contributed by atoms with E-state index in [0.29, 0.717) is 27.9 Å². The van der Waals surface area contributed by atoms with Crippen LogP contribution in [-0.2, 0) is 13.7 Å². The summed E-state index contributed by atoms with van der Waals surface area (Å²) in [6, 6.07) is 11.7. The number of aromatic nitrogens is 2. The molecule has 1 aromatic heterocycles. The van der Waals surface area contributed by atoms with Crippen LogP contribution < -0.4 is 10.1 Å². The van der Waals surface area contributed by atoms with E-state index >= 15 is 0 Å². The van der Waals surface area contributed by atoms with Crippen LogP contribution in [0.2, 0.25) is 0 Å². The Hall–Kier alpha value is -2.93. The molecule has 0 bridgehead atoms. The van der Waals surface area contributed by atoms with Crippen LogP contribution in [0, 0.1) is 5.82 Å². The van der Waals surface area contributed by atoms with Gasteiger partial charge in [-0.15, -0.1) is 0 Å². The number of benzene rings is 2. The molecule has 1 fully saturated rings. The number of rotatable bonds is 6. The van der Waals surface area contributed by atoms with Gasteiger partial charge in [0.15, 0.2) is 0 Å². The summed E-state index contributed by atoms with van der Waals surface area (Å²) >= 11 is 0. The van der Waals surface area contributed by atoms with E-state index in [1.54, 1.807) is 43.4 Å². The fourth-order valence-electron chi connectivity index (χ4n) is 3.54. The molecule has 7 heteroatoms. The minimum Gasteiger partial charge on any atom is -0.489 e. The van der Waals surface area contributed by atoms with Gasteiger partial charge in [0.1, 0.15) is 23.9 Å². The predicted molar refractivity (Wildman–Crippen MR) is 103 cm³/mol. The minimum atomic E-state index is -0.535. The maximum absolute atomic E-state index is 13.8. The molecule has 3 aromatic rings. The minimum absolute atomic E-state index is 0.0779. The van der Waals surface area contributed by atoms with E-state index in [9.17, 15) is 14.3 Å². The van der Waals surface area contributed by atoms with Gasteiger partial charge in [-0.3, -0.25) is 9.48 Å². The zero-order valence-electron chi connectivity index (χ0n) is 15.6. The maximum atomic E-state index is 13.8. The Bertz CT molecular complexity index is 1020. The second kappa shape index (κ2) is 7.24. The number of carbonyl (C=O) groups is 1. The lowest BCUT2D eigenvalue weighted by atomic mass is 9.77. The number of hydrogen-bond acceptors (Lipinski definition) is 4. The maximum Gasteiger partial charge on any atom is 0.270 e. The number of nitrogens with one attached hydrogen (secondary N) is 1. The van der Waals surface area contributed by atoms with Crippen molar-refractivity contribution in [2.75, 3.05) is 6.61 Å². The quantitative estimate of drug-likeness (QED) is 0.686. The molecule has 0 aliphatic heterocycles. The van der Waals surface area contributed by atoms with Gasteiger partial charge in [0.05, 0.1) is 17.7 Å². The van der Waals surface area contributed by atoms with Gasteiger partial charge in [-0.2, -0.15) is 5.10 Å². The van der Waals surface area contributed by atoms with Gasteiger partial charge in [-0.05, 0) is 43.5 Å². The van der Waals surface area contributed by atoms with Crippen molar-refractivity contribution in [2.45, 2.75) is 31.4 Å². The van der Waals surface area contributed by atoms with Crippen molar-refractivity contribution in [3.8, 4) is 5.75 Å². The standard InChI is InChI=1S/C21H22FN3O3/c1-25-19(20(27)23-21(13-26)9-4-10-21)16-11-15(7-8-18(16)24-25)28-12-14-5-2-3-6-17(14)22/h2-3,5-8,11,26H,4,9-10,12-13H2,1H3,(H,23,27). The smallest absolute Gasteiger partial charge is 0.270 e. The van der Waals surface area contributed by atoms with E-state index in [4.69, 9.17) is 4.74 Å². The van der Waals surface area contributed by atoms with E-state index in [1.807, 2.05) is 0 Å². The van der Waals surface area contributed by atoms with Crippen molar-refractivity contribution < 1.29 is 19.0 Å². The summed E-state index contributed by atoms with van der Waals surface area (Å²) in [6.45, 7) is 0.0130. The SMILES string of the molecule is Cn1nc2ccc(OCc3ccccc3F)cc2c1C(=O)NC1(CO)CCC1. The molecule has 1 aliphatic carbocycles. The third kappa shape index (κ3) is 3.33. The predicted octanol–water partition coefficient (Wildman–Crippen LogP) is 2.94. The molecule has 1 amide bonds. The number of ether oxygens (including phenoxy) is 1. The van der Waals surface area contributed by atoms with E-state index in [0.717, 1.165) is 19.3 Å². The highest BCUT2D eigenvalue weighted by Gasteiger charge is 2.38. The number of fused-ring (bicyclic) bond motifs is 1. The van der Waals surface area contributed by atoms with E-state index in [-0.39, 0.29) is 24.9 Å². The molecule has 0 spiro atoms. The molecule has 1 aliphatic rings. The summed E-state index contributed by atoms with van der Waals surface area (Å²) in [4.78, 5) is 12.9. The van der Waals surface area contributed by atoms with Crippen LogP contribution >= 0.6 is 0 Å². The molecule has 1 heterocycles. The first-order valence-electron chi connectivity index (χ1n) is 9.28. The van der Waals surface area contributed by atoms with Crippen LogP contribution in [0.25, 0.3) is 10.9 Å². The molecule has 6 nitrogen and oxygen atoms in total. The molecular formula is C21H22FN3O3. The molecule has 0 unspecified atom stereocenters. The summed E-state index contributed by atoms with van der Waals surface area (Å²) in [5.74, 6) is -0.0665. The fourth-order valence-corrected chi connectivity index (χ4v) is 3.54. The van der Waals surface area contributed by atoms with Crippen molar-refractivity contribution >= 4 is 16.8 Å². The normalized spacial score (nSPS) is 15.2. The number of amides is 1. The number of halogens is 1. The topological polar surface area (TPSA) is 76.4 Å². The number of aliphatic hydroxyl groups excluding tert-OH is 1. The molecule has 146 valence electrons. The van der Waals surface area contributed by atoms with Crippen LogP contribution in [0.5, 0.6) is 5.75 Å². The molecule has 2 N–H and O–H groups in total. The Balaban J connectivity index is 1.59. The lowest BCUT2D eigenvalue weighted by molar-refractivity contribution is 0.0635. The Morgan fingerprint density at radius 1 is 1.32 bits per heavy atom. The summed E-state index contributed by atoms with van der Waals surface area (Å²) in [6.07, 6.45) is 2.52. The first-order chi connectivity index (χ1) is 13.5. The van der Waals surface area contributed by atoms with E-state index in [1.165, 1.54) is 10.7 Å². The third-order valence-electron chi connectivity index (χ3n) is 5.36. The number of hydrogen-bond donors (Lipinski definition) is 2. The number of aliphatic hydroxyl groups is 1. The molecule has 2 aromatic carbocycles. The summed E-state index contributed by atoms with van der Waals surface area (Å²) < 4.78 is 21.0. The van der Waals surface area contributed by atoms with E-state index < -0.39 is 5.54 Å². The van der Waals surface area contributed by atoms with Crippen molar-refractivity contribution in [1.82, 2.24) is 15.1 Å². The molecule has 0 saturated heterocycles. The van der Waals surface area contributed by atoms with Gasteiger partial charge in [0.2, 0.25) is 0 Å². The second-order valence-corrected chi connectivity index (χ2v) is 7.28. The van der Waals surface area contributed by atoms with Gasteiger partial charge in [-0.1, -0.05) is 18.2 Å². The Labute approximate surface area is 161 Å². The molecule has 1 saturated carbocycles. The van der Waals surface area contributed by atoms with Crippen LogP contribution in [0.15, 0.2) is 42.5 Å². The van der Waals surface area contributed by atoms with Gasteiger partial charge in [-0.25, -0.2) is 4.39 Å². The lowest BCUT2D eigenvalue weighted by Gasteiger charge is -2.40. The Morgan fingerprint density at radius 2 is 2.11 bits per heavy atom. The van der Waals surface area contributed by atoms with E-state index in [2.05, 4.69) is 10.4 Å². The molecule has 28 heavy (non-hydrogen) atoms. The summed E-state index contributed by atoms with van der Waals surface area (Å²) in [5, 5.41) is 17.6. The average Bonchev–Trinajstić information content (AvgIpc) is 2.99. The first-order valence-corrected chi connectivity index (χ1v) is 9.28. The van der Waals surface area contributed by atoms with Gasteiger partial charge >= 0.3 is 0 Å². The highest BCUT2D eigenvalue weighted by molar-refractivity contribution is 6.05. The summed E-state index contributed by atoms with van der Waals surface area (Å²) in [7, 11) is 1.71. The van der Waals surface area contributed by atoms with Crippen LogP contribution in [0.4, 0.5) is 4.39 Å². The van der Waals surface area contributed by atoms with Crippen LogP contribution in [0.1, 0.15) is 35.3 Å². The highest BCUT2D eigenvalue weighted by atomic mass is 19.1. The molecule has 0 atom stereocenters. The van der Waals surface area contributed by atoms with Crippen LogP contribution in [0.3, 0.4) is 0 Å². The average molecular weight is 383 g/mol. The molecule has 0 radical (unpaired) electrons. The van der Waals surface area contributed by atoms with Crippen molar-refractivity contribution in [3.63, 3.8) is 0 Å². The van der Waals surface area contributed by atoms with Crippen molar-refractivity contribution in [1.29, 1.82) is 0 Å². The Morgan fingerprint density at radius 3 is 2.79 bits per heavy atom. The lowest BCUT2D eigenvalue weighted by Crippen LogP contribution is -2.56. The highest BCUT2D eigenvalue weighted by Crippen LogP contribution is 2.32. The zero-order valence-corrected chi connectivity index (χ0v) is 15.6. The zero-order chi connectivity index (χ0) is 19.7. The van der Waals surface area contributed by atoms with Gasteiger partial charge < -0.3 is 15.2 Å². The Kier molecular flexibility index (Phi) is 4.77. The van der Waals surface area contributed by atoms with Gasteiger partial charge in [0, 0.05) is 18.0 Å². The van der Waals surface area contributed by atoms with Crippen molar-refractivity contribution in [2.24, 2.45) is 7.05 Å². The molecule has 4 rings (SSSR count).